The normalized spacial score (nSPS) is 9.78. The van der Waals surface area contributed by atoms with Crippen molar-refractivity contribution in [2.75, 3.05) is 6.26 Å². The minimum atomic E-state index is 0.573. The van der Waals surface area contributed by atoms with Crippen molar-refractivity contribution in [2.24, 2.45) is 0 Å². The second-order valence-corrected chi connectivity index (χ2v) is 4.63. The molecule has 0 aliphatic heterocycles. The third kappa shape index (κ3) is 3.09. The van der Waals surface area contributed by atoms with E-state index < -0.39 is 0 Å². The average molecular weight is 254 g/mol. The van der Waals surface area contributed by atoms with E-state index in [2.05, 4.69) is 5.92 Å². The molecule has 0 amide bonds. The third-order valence-corrected chi connectivity index (χ3v) is 3.35. The van der Waals surface area contributed by atoms with Gasteiger partial charge >= 0.3 is 0 Å². The maximum Gasteiger partial charge on any atom is 0.121 e. The van der Waals surface area contributed by atoms with E-state index in [4.69, 9.17) is 11.2 Å². The van der Waals surface area contributed by atoms with E-state index in [1.54, 1.807) is 11.8 Å². The maximum absolute atomic E-state index is 5.75. The molecule has 0 N–H and O–H groups in total. The summed E-state index contributed by atoms with van der Waals surface area (Å²) in [4.78, 5) is 1.07. The van der Waals surface area contributed by atoms with Crippen LogP contribution in [0.2, 0.25) is 0 Å². The molecule has 0 aromatic heterocycles. The number of benzene rings is 2. The first kappa shape index (κ1) is 12.6. The minimum Gasteiger partial charge on any atom is -0.489 e. The van der Waals surface area contributed by atoms with E-state index >= 15 is 0 Å². The first-order valence-electron chi connectivity index (χ1n) is 5.65. The predicted molar refractivity (Wildman–Crippen MR) is 76.9 cm³/mol. The van der Waals surface area contributed by atoms with E-state index in [9.17, 15) is 0 Å². The molecular formula is C16H14OS. The summed E-state index contributed by atoms with van der Waals surface area (Å²) in [5, 5.41) is 0. The lowest BCUT2D eigenvalue weighted by Gasteiger charge is -2.08. The van der Waals surface area contributed by atoms with Crippen LogP contribution in [0, 0.1) is 12.3 Å². The van der Waals surface area contributed by atoms with Crippen LogP contribution in [0.3, 0.4) is 0 Å². The van der Waals surface area contributed by atoms with Gasteiger partial charge in [0.25, 0.3) is 0 Å². The van der Waals surface area contributed by atoms with E-state index in [-0.39, 0.29) is 0 Å². The van der Waals surface area contributed by atoms with Gasteiger partial charge in [0.05, 0.1) is 0 Å². The molecule has 1 nitrogen and oxygen atoms in total. The highest BCUT2D eigenvalue weighted by Gasteiger charge is 2.02. The Labute approximate surface area is 112 Å². The van der Waals surface area contributed by atoms with Gasteiger partial charge in [-0.05, 0) is 30.0 Å². The molecule has 18 heavy (non-hydrogen) atoms. The molecule has 0 bridgehead atoms. The summed E-state index contributed by atoms with van der Waals surface area (Å²) < 4.78 is 5.75. The van der Waals surface area contributed by atoms with Crippen LogP contribution in [0.5, 0.6) is 5.75 Å². The number of rotatable bonds is 4. The van der Waals surface area contributed by atoms with Gasteiger partial charge in [0, 0.05) is 10.5 Å². The van der Waals surface area contributed by atoms with Gasteiger partial charge in [-0.1, -0.05) is 36.3 Å². The molecule has 0 saturated heterocycles. The topological polar surface area (TPSA) is 9.23 Å². The molecule has 2 heteroatoms. The summed E-state index contributed by atoms with van der Waals surface area (Å²) in [5.74, 6) is 3.52. The Kier molecular flexibility index (Phi) is 4.33. The van der Waals surface area contributed by atoms with E-state index in [0.717, 1.165) is 21.8 Å². The Hall–Kier alpha value is -1.85. The largest absolute Gasteiger partial charge is 0.489 e. The van der Waals surface area contributed by atoms with Gasteiger partial charge in [-0.3, -0.25) is 0 Å². The fourth-order valence-electron chi connectivity index (χ4n) is 1.62. The second kappa shape index (κ2) is 6.18. The van der Waals surface area contributed by atoms with Gasteiger partial charge in [-0.2, -0.15) is 0 Å². The van der Waals surface area contributed by atoms with Crippen molar-refractivity contribution in [3.63, 3.8) is 0 Å². The van der Waals surface area contributed by atoms with Crippen LogP contribution in [-0.2, 0) is 6.61 Å². The van der Waals surface area contributed by atoms with Crippen molar-refractivity contribution in [2.45, 2.75) is 11.5 Å². The molecule has 0 unspecified atom stereocenters. The van der Waals surface area contributed by atoms with Gasteiger partial charge in [0.1, 0.15) is 12.4 Å². The van der Waals surface area contributed by atoms with Gasteiger partial charge < -0.3 is 4.74 Å². The molecule has 2 aromatic rings. The van der Waals surface area contributed by atoms with E-state index in [0.29, 0.717) is 6.61 Å². The van der Waals surface area contributed by atoms with Gasteiger partial charge in [0.2, 0.25) is 0 Å². The summed E-state index contributed by atoms with van der Waals surface area (Å²) in [7, 11) is 0. The summed E-state index contributed by atoms with van der Waals surface area (Å²) in [6.45, 7) is 0.573. The van der Waals surface area contributed by atoms with Gasteiger partial charge in [0.15, 0.2) is 0 Å². The van der Waals surface area contributed by atoms with Crippen LogP contribution in [-0.4, -0.2) is 6.26 Å². The molecule has 2 aromatic carbocycles. The fraction of sp³-hybridized carbons (Fsp3) is 0.125. The van der Waals surface area contributed by atoms with Crippen LogP contribution in [0.25, 0.3) is 0 Å². The Balaban J connectivity index is 2.09. The first-order valence-corrected chi connectivity index (χ1v) is 6.87. The van der Waals surface area contributed by atoms with Crippen LogP contribution in [0.4, 0.5) is 0 Å². The molecule has 2 rings (SSSR count). The number of terminal acetylenes is 1. The summed E-state index contributed by atoms with van der Waals surface area (Å²) in [6.07, 6.45) is 7.45. The molecule has 0 aliphatic carbocycles. The summed E-state index contributed by atoms with van der Waals surface area (Å²) >= 11 is 1.63. The van der Waals surface area contributed by atoms with Crippen molar-refractivity contribution < 1.29 is 4.74 Å². The van der Waals surface area contributed by atoms with Crippen molar-refractivity contribution in [3.8, 4) is 18.1 Å². The van der Waals surface area contributed by atoms with Crippen LogP contribution in [0.1, 0.15) is 11.1 Å². The van der Waals surface area contributed by atoms with Crippen molar-refractivity contribution in [3.05, 3.63) is 59.7 Å². The molecule has 0 fully saturated rings. The number of ether oxygens (including phenoxy) is 1. The Morgan fingerprint density at radius 1 is 1.17 bits per heavy atom. The zero-order chi connectivity index (χ0) is 12.8. The predicted octanol–water partition coefficient (Wildman–Crippen LogP) is 3.97. The smallest absolute Gasteiger partial charge is 0.121 e. The highest BCUT2D eigenvalue weighted by atomic mass is 32.2. The third-order valence-electron chi connectivity index (χ3n) is 2.58. The van der Waals surface area contributed by atoms with Crippen molar-refractivity contribution in [1.29, 1.82) is 0 Å². The highest BCUT2D eigenvalue weighted by molar-refractivity contribution is 7.98. The number of thioether (sulfide) groups is 1. The number of hydrogen-bond donors (Lipinski definition) is 0. The number of hydrogen-bond acceptors (Lipinski definition) is 2. The molecule has 0 saturated carbocycles. The van der Waals surface area contributed by atoms with Gasteiger partial charge in [-0.25, -0.2) is 0 Å². The van der Waals surface area contributed by atoms with Crippen molar-refractivity contribution in [1.82, 2.24) is 0 Å². The Morgan fingerprint density at radius 3 is 2.61 bits per heavy atom. The zero-order valence-corrected chi connectivity index (χ0v) is 11.0. The first-order chi connectivity index (χ1) is 8.83. The molecule has 90 valence electrons. The molecular weight excluding hydrogens is 240 g/mol. The summed E-state index contributed by atoms with van der Waals surface area (Å²) in [6, 6.07) is 15.9. The second-order valence-electron chi connectivity index (χ2n) is 3.78. The maximum atomic E-state index is 5.75. The lowest BCUT2D eigenvalue weighted by Crippen LogP contribution is -1.95. The molecule has 0 spiro atoms. The lowest BCUT2D eigenvalue weighted by molar-refractivity contribution is 0.305. The van der Waals surface area contributed by atoms with Crippen molar-refractivity contribution >= 4 is 11.8 Å². The van der Waals surface area contributed by atoms with E-state index in [1.807, 2.05) is 54.8 Å². The van der Waals surface area contributed by atoms with Crippen LogP contribution in [0.15, 0.2) is 53.4 Å². The monoisotopic (exact) mass is 254 g/mol. The highest BCUT2D eigenvalue weighted by Crippen LogP contribution is 2.25. The zero-order valence-electron chi connectivity index (χ0n) is 10.2. The standard InChI is InChI=1S/C16H14OS/c1-3-14-9-10-15(11-16(14)18-2)17-12-13-7-5-4-6-8-13/h1,4-11H,12H2,2H3. The van der Waals surface area contributed by atoms with E-state index in [1.165, 1.54) is 0 Å². The molecule has 0 atom stereocenters. The van der Waals surface area contributed by atoms with Crippen LogP contribution >= 0.6 is 11.8 Å². The minimum absolute atomic E-state index is 0.573. The van der Waals surface area contributed by atoms with Crippen LogP contribution < -0.4 is 4.74 Å². The Bertz CT molecular complexity index is 555. The summed E-state index contributed by atoms with van der Waals surface area (Å²) in [5.41, 5.74) is 2.07. The SMILES string of the molecule is C#Cc1ccc(OCc2ccccc2)cc1SC. The molecule has 0 radical (unpaired) electrons. The average Bonchev–Trinajstić information content (AvgIpc) is 2.45. The quantitative estimate of drug-likeness (QED) is 0.603. The van der Waals surface area contributed by atoms with Gasteiger partial charge in [-0.15, -0.1) is 18.2 Å². The fourth-order valence-corrected chi connectivity index (χ4v) is 2.20. The Morgan fingerprint density at radius 2 is 1.94 bits per heavy atom. The molecule has 0 aliphatic rings. The molecule has 0 heterocycles. The lowest BCUT2D eigenvalue weighted by atomic mass is 10.2.